The van der Waals surface area contributed by atoms with Gasteiger partial charge >= 0.3 is 0 Å². The Bertz CT molecular complexity index is 710. The Morgan fingerprint density at radius 2 is 2.08 bits per heavy atom. The van der Waals surface area contributed by atoms with Crippen molar-refractivity contribution in [3.05, 3.63) is 40.9 Å². The normalized spacial score (nSPS) is 15.5. The van der Waals surface area contributed by atoms with E-state index in [2.05, 4.69) is 21.9 Å². The van der Waals surface area contributed by atoms with E-state index in [1.165, 1.54) is 11.3 Å². The fraction of sp³-hybridized carbons (Fsp3) is 0.471. The van der Waals surface area contributed by atoms with Crippen LogP contribution in [-0.4, -0.2) is 51.8 Å². The van der Waals surface area contributed by atoms with Crippen molar-refractivity contribution in [1.29, 1.82) is 0 Å². The van der Waals surface area contributed by atoms with Crippen molar-refractivity contribution in [2.24, 2.45) is 0 Å². The summed E-state index contributed by atoms with van der Waals surface area (Å²) in [6, 6.07) is 2.04. The van der Waals surface area contributed by atoms with Crippen LogP contribution in [0, 0.1) is 13.8 Å². The molecule has 0 N–H and O–H groups in total. The molecule has 6 nitrogen and oxygen atoms in total. The highest BCUT2D eigenvalue weighted by molar-refractivity contribution is 6.31. The van der Waals surface area contributed by atoms with Crippen molar-refractivity contribution in [3.63, 3.8) is 0 Å². The van der Waals surface area contributed by atoms with Crippen LogP contribution < -0.4 is 4.90 Å². The summed E-state index contributed by atoms with van der Waals surface area (Å²) < 4.78 is 1.62. The summed E-state index contributed by atoms with van der Waals surface area (Å²) in [4.78, 5) is 20.9. The third-order valence-corrected chi connectivity index (χ3v) is 4.73. The van der Waals surface area contributed by atoms with Crippen molar-refractivity contribution in [2.75, 3.05) is 31.1 Å². The first-order valence-corrected chi connectivity index (χ1v) is 8.55. The third kappa shape index (κ3) is 3.70. The predicted octanol–water partition coefficient (Wildman–Crippen LogP) is 2.29. The zero-order valence-corrected chi connectivity index (χ0v) is 14.8. The van der Waals surface area contributed by atoms with Crippen molar-refractivity contribution in [3.8, 4) is 0 Å². The second-order valence-corrected chi connectivity index (χ2v) is 6.55. The Kier molecular flexibility index (Phi) is 5.04. The van der Waals surface area contributed by atoms with E-state index in [1.807, 2.05) is 30.3 Å². The van der Waals surface area contributed by atoms with Crippen LogP contribution in [0.25, 0.3) is 0 Å². The van der Waals surface area contributed by atoms with Crippen LogP contribution >= 0.6 is 11.6 Å². The van der Waals surface area contributed by atoms with Gasteiger partial charge in [0.2, 0.25) is 5.91 Å². The topological polar surface area (TPSA) is 54.3 Å². The van der Waals surface area contributed by atoms with Crippen LogP contribution in [0.1, 0.15) is 17.7 Å². The standard InChI is InChI=1S/C17H22ClN5O/c1-13-10-19-5-4-16(13)21-6-3-7-22(9-8-21)17(24)12-23-11-15(18)14(2)20-23/h4-5,10-11H,3,6-9,12H2,1-2H3. The zero-order valence-electron chi connectivity index (χ0n) is 14.1. The van der Waals surface area contributed by atoms with Gasteiger partial charge in [-0.1, -0.05) is 11.6 Å². The van der Waals surface area contributed by atoms with Crippen LogP contribution in [0.3, 0.4) is 0 Å². The number of anilines is 1. The molecule has 128 valence electrons. The molecule has 1 fully saturated rings. The molecular weight excluding hydrogens is 326 g/mol. The lowest BCUT2D eigenvalue weighted by Gasteiger charge is -2.25. The molecule has 1 saturated heterocycles. The number of aromatic nitrogens is 3. The first-order valence-electron chi connectivity index (χ1n) is 8.17. The van der Waals surface area contributed by atoms with Crippen LogP contribution in [0.2, 0.25) is 5.02 Å². The molecular formula is C17H22ClN5O. The molecule has 2 aromatic heterocycles. The molecule has 0 aromatic carbocycles. The Balaban J connectivity index is 1.62. The maximum Gasteiger partial charge on any atom is 0.244 e. The average Bonchev–Trinajstić information content (AvgIpc) is 2.77. The largest absolute Gasteiger partial charge is 0.369 e. The quantitative estimate of drug-likeness (QED) is 0.854. The Morgan fingerprint density at radius 3 is 2.79 bits per heavy atom. The number of pyridine rings is 1. The second kappa shape index (κ2) is 7.21. The monoisotopic (exact) mass is 347 g/mol. The molecule has 0 aliphatic carbocycles. The van der Waals surface area contributed by atoms with Crippen LogP contribution in [0.15, 0.2) is 24.7 Å². The third-order valence-electron chi connectivity index (χ3n) is 4.36. The summed E-state index contributed by atoms with van der Waals surface area (Å²) >= 11 is 6.01. The van der Waals surface area contributed by atoms with Gasteiger partial charge in [0.25, 0.3) is 0 Å². The average molecular weight is 348 g/mol. The summed E-state index contributed by atoms with van der Waals surface area (Å²) in [5, 5.41) is 4.86. The molecule has 2 aromatic rings. The predicted molar refractivity (Wildman–Crippen MR) is 94.4 cm³/mol. The van der Waals surface area contributed by atoms with Crippen LogP contribution in [0.5, 0.6) is 0 Å². The summed E-state index contributed by atoms with van der Waals surface area (Å²) in [7, 11) is 0. The Morgan fingerprint density at radius 1 is 1.25 bits per heavy atom. The van der Waals surface area contributed by atoms with Gasteiger partial charge in [-0.3, -0.25) is 14.5 Å². The van der Waals surface area contributed by atoms with Gasteiger partial charge in [0.05, 0.1) is 10.7 Å². The van der Waals surface area contributed by atoms with Crippen LogP contribution in [-0.2, 0) is 11.3 Å². The number of hydrogen-bond acceptors (Lipinski definition) is 4. The molecule has 3 rings (SSSR count). The summed E-state index contributed by atoms with van der Waals surface area (Å²) in [5.41, 5.74) is 3.12. The highest BCUT2D eigenvalue weighted by Gasteiger charge is 2.20. The number of aryl methyl sites for hydroxylation is 2. The van der Waals surface area contributed by atoms with E-state index in [0.717, 1.165) is 31.7 Å². The van der Waals surface area contributed by atoms with Gasteiger partial charge in [0.15, 0.2) is 0 Å². The number of halogens is 1. The SMILES string of the molecule is Cc1cnccc1N1CCCN(C(=O)Cn2cc(Cl)c(C)n2)CC1. The Hall–Kier alpha value is -2.08. The summed E-state index contributed by atoms with van der Waals surface area (Å²) in [6.45, 7) is 7.41. The van der Waals surface area contributed by atoms with E-state index in [1.54, 1.807) is 10.9 Å². The lowest BCUT2D eigenvalue weighted by Crippen LogP contribution is -2.37. The zero-order chi connectivity index (χ0) is 17.1. The van der Waals surface area contributed by atoms with Gasteiger partial charge in [-0.15, -0.1) is 0 Å². The minimum atomic E-state index is 0.0856. The smallest absolute Gasteiger partial charge is 0.244 e. The number of rotatable bonds is 3. The van der Waals surface area contributed by atoms with E-state index in [0.29, 0.717) is 11.6 Å². The molecule has 1 aliphatic heterocycles. The molecule has 0 atom stereocenters. The van der Waals surface area contributed by atoms with Gasteiger partial charge in [0, 0.05) is 50.5 Å². The van der Waals surface area contributed by atoms with Gasteiger partial charge in [-0.05, 0) is 31.9 Å². The van der Waals surface area contributed by atoms with E-state index in [-0.39, 0.29) is 12.5 Å². The summed E-state index contributed by atoms with van der Waals surface area (Å²) in [5.74, 6) is 0.0856. The van der Waals surface area contributed by atoms with Gasteiger partial charge in [-0.25, -0.2) is 0 Å². The highest BCUT2D eigenvalue weighted by atomic mass is 35.5. The maximum absolute atomic E-state index is 12.5. The van der Waals surface area contributed by atoms with Crippen molar-refractivity contribution in [1.82, 2.24) is 19.7 Å². The molecule has 1 amide bonds. The van der Waals surface area contributed by atoms with Gasteiger partial charge in [-0.2, -0.15) is 5.10 Å². The van der Waals surface area contributed by atoms with E-state index in [4.69, 9.17) is 11.6 Å². The lowest BCUT2D eigenvalue weighted by atomic mass is 10.2. The van der Waals surface area contributed by atoms with Gasteiger partial charge < -0.3 is 9.80 Å². The number of hydrogen-bond donors (Lipinski definition) is 0. The second-order valence-electron chi connectivity index (χ2n) is 6.14. The highest BCUT2D eigenvalue weighted by Crippen LogP contribution is 2.20. The molecule has 0 unspecified atom stereocenters. The van der Waals surface area contributed by atoms with Crippen LogP contribution in [0.4, 0.5) is 5.69 Å². The molecule has 3 heterocycles. The summed E-state index contributed by atoms with van der Waals surface area (Å²) in [6.07, 6.45) is 6.36. The van der Waals surface area contributed by atoms with E-state index in [9.17, 15) is 4.79 Å². The fourth-order valence-electron chi connectivity index (χ4n) is 3.04. The molecule has 7 heteroatoms. The molecule has 24 heavy (non-hydrogen) atoms. The number of amides is 1. The fourth-order valence-corrected chi connectivity index (χ4v) is 3.19. The number of nitrogens with zero attached hydrogens (tertiary/aromatic N) is 5. The molecule has 0 saturated carbocycles. The minimum absolute atomic E-state index is 0.0856. The van der Waals surface area contributed by atoms with E-state index < -0.39 is 0 Å². The molecule has 0 bridgehead atoms. The van der Waals surface area contributed by atoms with E-state index >= 15 is 0 Å². The first kappa shape index (κ1) is 16.8. The lowest BCUT2D eigenvalue weighted by molar-refractivity contribution is -0.131. The molecule has 0 spiro atoms. The minimum Gasteiger partial charge on any atom is -0.369 e. The Labute approximate surface area is 147 Å². The van der Waals surface area contributed by atoms with Crippen molar-refractivity contribution in [2.45, 2.75) is 26.8 Å². The van der Waals surface area contributed by atoms with Crippen molar-refractivity contribution < 1.29 is 4.79 Å². The first-order chi connectivity index (χ1) is 11.5. The number of carbonyl (C=O) groups excluding carboxylic acids is 1. The maximum atomic E-state index is 12.5. The molecule has 0 radical (unpaired) electrons. The van der Waals surface area contributed by atoms with Crippen molar-refractivity contribution >= 4 is 23.2 Å². The number of carbonyl (C=O) groups is 1. The molecule has 1 aliphatic rings. The van der Waals surface area contributed by atoms with Gasteiger partial charge in [0.1, 0.15) is 6.54 Å².